The molecule has 0 saturated carbocycles. The fourth-order valence-corrected chi connectivity index (χ4v) is 5.55. The first kappa shape index (κ1) is 28.2. The summed E-state index contributed by atoms with van der Waals surface area (Å²) in [5.41, 5.74) is 0.317. The summed E-state index contributed by atoms with van der Waals surface area (Å²) in [6.07, 6.45) is 1.49. The number of anilines is 1. The van der Waals surface area contributed by atoms with Gasteiger partial charge in [0.05, 0.1) is 22.9 Å². The third-order valence-corrected chi connectivity index (χ3v) is 7.64. The highest BCUT2D eigenvalue weighted by Crippen LogP contribution is 2.34. The van der Waals surface area contributed by atoms with Gasteiger partial charge >= 0.3 is 6.18 Å². The Morgan fingerprint density at radius 1 is 1.16 bits per heavy atom. The fraction of sp³-hybridized carbons (Fsp3) is 0.571. The molecule has 0 aliphatic carbocycles. The quantitative estimate of drug-likeness (QED) is 0.551. The van der Waals surface area contributed by atoms with Gasteiger partial charge in [0.1, 0.15) is 0 Å². The van der Waals surface area contributed by atoms with E-state index < -0.39 is 23.7 Å². The van der Waals surface area contributed by atoms with Crippen LogP contribution in [-0.4, -0.2) is 54.8 Å². The lowest BCUT2D eigenvalue weighted by Gasteiger charge is -2.27. The van der Waals surface area contributed by atoms with Crippen LogP contribution in [0.15, 0.2) is 35.3 Å². The van der Waals surface area contributed by atoms with E-state index >= 15 is 0 Å². The number of halogens is 3. The molecule has 2 N–H and O–H groups in total. The SMILES string of the molecule is Cc1c([C@@H](C)NC(=O)c2cn(C3CCOCC3)c(=O)cc2N[C@H]2CCCCN(C)C2)cccc1C(F)(F)F. The number of likely N-dealkylation sites (tertiary alicyclic amines) is 1. The second kappa shape index (κ2) is 11.9. The van der Waals surface area contributed by atoms with Crippen LogP contribution in [0.1, 0.15) is 78.2 Å². The standard InChI is InChI=1S/C28H37F3N4O3/c1-18-22(8-6-9-24(18)28(29,30)31)19(2)32-27(37)23-17-35(21-10-13-38-14-11-21)26(36)15-25(23)33-20-7-4-5-12-34(3)16-20/h6,8-9,15,17,19-21,33H,4-5,7,10-14,16H2,1-3H3,(H,32,37)/t19-,20+/m1/s1. The van der Waals surface area contributed by atoms with Gasteiger partial charge in [0.2, 0.25) is 0 Å². The van der Waals surface area contributed by atoms with Gasteiger partial charge in [-0.25, -0.2) is 0 Å². The van der Waals surface area contributed by atoms with Gasteiger partial charge in [-0.05, 0) is 70.3 Å². The van der Waals surface area contributed by atoms with Crippen molar-refractivity contribution in [1.82, 2.24) is 14.8 Å². The Kier molecular flexibility index (Phi) is 8.82. The van der Waals surface area contributed by atoms with Gasteiger partial charge in [-0.1, -0.05) is 18.6 Å². The van der Waals surface area contributed by atoms with Gasteiger partial charge in [-0.15, -0.1) is 0 Å². The van der Waals surface area contributed by atoms with Gasteiger partial charge < -0.3 is 24.8 Å². The highest BCUT2D eigenvalue weighted by atomic mass is 19.4. The number of nitrogens with zero attached hydrogens (tertiary/aromatic N) is 2. The van der Waals surface area contributed by atoms with Crippen molar-refractivity contribution in [3.8, 4) is 0 Å². The zero-order valence-corrected chi connectivity index (χ0v) is 22.2. The van der Waals surface area contributed by atoms with E-state index in [1.807, 2.05) is 0 Å². The maximum atomic E-state index is 13.6. The number of likely N-dealkylation sites (N-methyl/N-ethyl adjacent to an activating group) is 1. The molecule has 2 saturated heterocycles. The van der Waals surface area contributed by atoms with Crippen LogP contribution in [0, 0.1) is 6.92 Å². The summed E-state index contributed by atoms with van der Waals surface area (Å²) in [6, 6.07) is 4.79. The average Bonchev–Trinajstić information content (AvgIpc) is 3.07. The molecule has 0 spiro atoms. The molecule has 2 aromatic rings. The van der Waals surface area contributed by atoms with Crippen LogP contribution >= 0.6 is 0 Å². The molecule has 1 aromatic carbocycles. The van der Waals surface area contributed by atoms with Crippen molar-refractivity contribution in [3.05, 3.63) is 63.1 Å². The third kappa shape index (κ3) is 6.58. The van der Waals surface area contributed by atoms with Crippen molar-refractivity contribution in [2.24, 2.45) is 0 Å². The van der Waals surface area contributed by atoms with Gasteiger partial charge in [0.25, 0.3) is 11.5 Å². The van der Waals surface area contributed by atoms with E-state index in [9.17, 15) is 22.8 Å². The van der Waals surface area contributed by atoms with Gasteiger partial charge in [-0.3, -0.25) is 9.59 Å². The molecule has 10 heteroatoms. The van der Waals surface area contributed by atoms with E-state index in [2.05, 4.69) is 22.6 Å². The number of amides is 1. The molecule has 2 atom stereocenters. The number of carbonyl (C=O) groups is 1. The van der Waals surface area contributed by atoms with Crippen LogP contribution in [-0.2, 0) is 10.9 Å². The minimum absolute atomic E-state index is 0.0653. The lowest BCUT2D eigenvalue weighted by atomic mass is 9.97. The van der Waals surface area contributed by atoms with Crippen molar-refractivity contribution < 1.29 is 22.7 Å². The predicted octanol–water partition coefficient (Wildman–Crippen LogP) is 4.91. The largest absolute Gasteiger partial charge is 0.416 e. The molecule has 0 unspecified atom stereocenters. The Labute approximate surface area is 221 Å². The first-order chi connectivity index (χ1) is 18.0. The van der Waals surface area contributed by atoms with E-state index in [4.69, 9.17) is 4.74 Å². The number of pyridine rings is 1. The Bertz CT molecular complexity index is 1190. The zero-order valence-electron chi connectivity index (χ0n) is 22.2. The Hall–Kier alpha value is -2.85. The van der Waals surface area contributed by atoms with Crippen molar-refractivity contribution >= 4 is 11.6 Å². The highest BCUT2D eigenvalue weighted by Gasteiger charge is 2.33. The molecule has 7 nitrogen and oxygen atoms in total. The molecule has 38 heavy (non-hydrogen) atoms. The number of aromatic nitrogens is 1. The summed E-state index contributed by atoms with van der Waals surface area (Å²) >= 11 is 0. The van der Waals surface area contributed by atoms with Gasteiger partial charge in [-0.2, -0.15) is 13.2 Å². The molecule has 1 amide bonds. The second-order valence-electron chi connectivity index (χ2n) is 10.5. The predicted molar refractivity (Wildman–Crippen MR) is 141 cm³/mol. The molecular weight excluding hydrogens is 497 g/mol. The second-order valence-corrected chi connectivity index (χ2v) is 10.5. The normalized spacial score (nSPS) is 20.5. The smallest absolute Gasteiger partial charge is 0.381 e. The first-order valence-corrected chi connectivity index (χ1v) is 13.3. The number of benzene rings is 1. The Morgan fingerprint density at radius 3 is 2.61 bits per heavy atom. The van der Waals surface area contributed by atoms with E-state index in [0.717, 1.165) is 38.4 Å². The molecule has 2 aliphatic rings. The van der Waals surface area contributed by atoms with Crippen LogP contribution in [0.2, 0.25) is 0 Å². The van der Waals surface area contributed by atoms with Crippen LogP contribution < -0.4 is 16.2 Å². The molecule has 4 rings (SSSR count). The van der Waals surface area contributed by atoms with E-state index in [1.54, 1.807) is 23.8 Å². The van der Waals surface area contributed by atoms with Crippen molar-refractivity contribution in [3.63, 3.8) is 0 Å². The maximum absolute atomic E-state index is 13.6. The number of nitrogens with one attached hydrogen (secondary N) is 2. The molecular formula is C28H37F3N4O3. The maximum Gasteiger partial charge on any atom is 0.416 e. The number of hydrogen-bond acceptors (Lipinski definition) is 5. The minimum atomic E-state index is -4.48. The average molecular weight is 535 g/mol. The molecule has 0 radical (unpaired) electrons. The van der Waals surface area contributed by atoms with Crippen LogP contribution in [0.4, 0.5) is 18.9 Å². The van der Waals surface area contributed by atoms with E-state index in [-0.39, 0.29) is 23.2 Å². The molecule has 2 aliphatic heterocycles. The Balaban J connectivity index is 1.65. The number of hydrogen-bond donors (Lipinski definition) is 2. The lowest BCUT2D eigenvalue weighted by Crippen LogP contribution is -2.36. The number of carbonyl (C=O) groups excluding carboxylic acids is 1. The van der Waals surface area contributed by atoms with Crippen LogP contribution in [0.3, 0.4) is 0 Å². The van der Waals surface area contributed by atoms with Crippen LogP contribution in [0.25, 0.3) is 0 Å². The monoisotopic (exact) mass is 534 g/mol. The van der Waals surface area contributed by atoms with E-state index in [1.165, 1.54) is 19.1 Å². The fourth-order valence-electron chi connectivity index (χ4n) is 5.55. The summed E-state index contributed by atoms with van der Waals surface area (Å²) in [7, 11) is 2.05. The number of ether oxygens (including phenoxy) is 1. The summed E-state index contributed by atoms with van der Waals surface area (Å²) < 4.78 is 47.4. The molecule has 3 heterocycles. The molecule has 1 aromatic heterocycles. The number of alkyl halides is 3. The van der Waals surface area contributed by atoms with Crippen molar-refractivity contribution in [2.75, 3.05) is 38.7 Å². The Morgan fingerprint density at radius 2 is 1.89 bits per heavy atom. The summed E-state index contributed by atoms with van der Waals surface area (Å²) in [6.45, 7) is 5.94. The summed E-state index contributed by atoms with van der Waals surface area (Å²) in [4.78, 5) is 29.0. The van der Waals surface area contributed by atoms with E-state index in [0.29, 0.717) is 42.9 Å². The molecule has 208 valence electrons. The van der Waals surface area contributed by atoms with Gasteiger partial charge in [0, 0.05) is 44.1 Å². The topological polar surface area (TPSA) is 75.6 Å². The summed E-state index contributed by atoms with van der Waals surface area (Å²) in [5.74, 6) is -0.445. The van der Waals surface area contributed by atoms with Crippen LogP contribution in [0.5, 0.6) is 0 Å². The van der Waals surface area contributed by atoms with Gasteiger partial charge in [0.15, 0.2) is 0 Å². The summed E-state index contributed by atoms with van der Waals surface area (Å²) in [5, 5.41) is 6.32. The lowest BCUT2D eigenvalue weighted by molar-refractivity contribution is -0.138. The van der Waals surface area contributed by atoms with Crippen molar-refractivity contribution in [1.29, 1.82) is 0 Å². The third-order valence-electron chi connectivity index (χ3n) is 7.64. The molecule has 0 bridgehead atoms. The van der Waals surface area contributed by atoms with Crippen molar-refractivity contribution in [2.45, 2.75) is 70.3 Å². The first-order valence-electron chi connectivity index (χ1n) is 13.3. The number of rotatable bonds is 6. The zero-order chi connectivity index (χ0) is 27.4. The molecule has 2 fully saturated rings. The highest BCUT2D eigenvalue weighted by molar-refractivity contribution is 5.99. The minimum Gasteiger partial charge on any atom is -0.381 e.